The number of benzene rings is 1. The largest absolute Gasteiger partial charge is 0.389 e. The number of β-amino-alcohol motifs (C(OH)–C–C–N with tert-alkyl or cyclic N) is 1. The lowest BCUT2D eigenvalue weighted by Crippen LogP contribution is -2.61. The van der Waals surface area contributed by atoms with Gasteiger partial charge in [0.05, 0.1) is 17.8 Å². The van der Waals surface area contributed by atoms with Crippen molar-refractivity contribution in [2.45, 2.75) is 18.1 Å². The fourth-order valence-electron chi connectivity index (χ4n) is 2.84. The van der Waals surface area contributed by atoms with Crippen LogP contribution >= 0.6 is 0 Å². The summed E-state index contributed by atoms with van der Waals surface area (Å²) in [5.74, 6) is -0.335. The number of aromatic nitrogens is 2. The van der Waals surface area contributed by atoms with E-state index in [-0.39, 0.29) is 11.6 Å². The molecule has 22 heavy (non-hydrogen) atoms. The van der Waals surface area contributed by atoms with Gasteiger partial charge in [-0.3, -0.25) is 9.78 Å². The Labute approximate surface area is 128 Å². The van der Waals surface area contributed by atoms with E-state index in [1.807, 2.05) is 30.3 Å². The number of aliphatic hydroxyl groups is 1. The van der Waals surface area contributed by atoms with E-state index in [2.05, 4.69) is 20.6 Å². The summed E-state index contributed by atoms with van der Waals surface area (Å²) in [6, 6.07) is 9.56. The molecule has 0 saturated carbocycles. The van der Waals surface area contributed by atoms with E-state index in [0.717, 1.165) is 5.56 Å². The molecule has 1 aliphatic rings. The molecule has 0 bridgehead atoms. The van der Waals surface area contributed by atoms with Gasteiger partial charge in [0.1, 0.15) is 5.69 Å². The van der Waals surface area contributed by atoms with Crippen LogP contribution in [-0.2, 0) is 5.54 Å². The Hall–Kier alpha value is -2.31. The molecule has 3 rings (SSSR count). The van der Waals surface area contributed by atoms with Crippen LogP contribution in [0.15, 0.2) is 48.9 Å². The number of carbonyl (C=O) groups excluding carboxylic acids is 1. The highest BCUT2D eigenvalue weighted by atomic mass is 16.3. The third-order valence-electron chi connectivity index (χ3n) is 4.02. The van der Waals surface area contributed by atoms with Gasteiger partial charge in [-0.05, 0) is 18.5 Å². The lowest BCUT2D eigenvalue weighted by atomic mass is 9.79. The zero-order valence-corrected chi connectivity index (χ0v) is 12.1. The molecule has 6 heteroatoms. The van der Waals surface area contributed by atoms with Crippen molar-refractivity contribution in [2.24, 2.45) is 0 Å². The molecule has 1 aromatic carbocycles. The zero-order chi connectivity index (χ0) is 15.4. The molecule has 0 unspecified atom stereocenters. The summed E-state index contributed by atoms with van der Waals surface area (Å²) in [6.45, 7) is 1.14. The van der Waals surface area contributed by atoms with Crippen LogP contribution in [0.5, 0.6) is 0 Å². The van der Waals surface area contributed by atoms with Crippen molar-refractivity contribution in [1.82, 2.24) is 20.6 Å². The summed E-state index contributed by atoms with van der Waals surface area (Å²) in [5, 5.41) is 16.7. The van der Waals surface area contributed by atoms with Crippen molar-refractivity contribution >= 4 is 5.91 Å². The Morgan fingerprint density at radius 2 is 2.14 bits per heavy atom. The first-order valence-electron chi connectivity index (χ1n) is 7.25. The van der Waals surface area contributed by atoms with Gasteiger partial charge in [-0.2, -0.15) is 0 Å². The molecule has 3 N–H and O–H groups in total. The molecular formula is C16H18N4O2. The summed E-state index contributed by atoms with van der Waals surface area (Å²) >= 11 is 0. The van der Waals surface area contributed by atoms with E-state index in [0.29, 0.717) is 19.5 Å². The number of nitrogens with zero attached hydrogens (tertiary/aromatic N) is 2. The molecule has 1 amide bonds. The second-order valence-corrected chi connectivity index (χ2v) is 5.35. The number of piperidine rings is 1. The molecule has 1 aliphatic heterocycles. The summed E-state index contributed by atoms with van der Waals surface area (Å²) in [7, 11) is 0. The van der Waals surface area contributed by atoms with Crippen molar-refractivity contribution in [3.05, 3.63) is 60.2 Å². The van der Waals surface area contributed by atoms with Crippen LogP contribution in [0.2, 0.25) is 0 Å². The van der Waals surface area contributed by atoms with Gasteiger partial charge in [-0.25, -0.2) is 4.98 Å². The maximum Gasteiger partial charge on any atom is 0.272 e. The summed E-state index contributed by atoms with van der Waals surface area (Å²) in [4.78, 5) is 20.4. The SMILES string of the molecule is O=C(N[C@]1(c2ccccc2)CCNC[C@H]1O)c1cnccn1. The molecule has 1 fully saturated rings. The molecule has 6 nitrogen and oxygen atoms in total. The van der Waals surface area contributed by atoms with Crippen molar-refractivity contribution in [2.75, 3.05) is 13.1 Å². The van der Waals surface area contributed by atoms with E-state index in [1.165, 1.54) is 18.6 Å². The van der Waals surface area contributed by atoms with Crippen molar-refractivity contribution < 1.29 is 9.90 Å². The standard InChI is InChI=1S/C16H18N4O2/c21-14-11-17-7-6-16(14,12-4-2-1-3-5-12)20-15(22)13-10-18-8-9-19-13/h1-5,8-10,14,17,21H,6-7,11H2,(H,20,22)/t14-,16+/m1/s1. The lowest BCUT2D eigenvalue weighted by molar-refractivity contribution is 0.0287. The number of rotatable bonds is 3. The smallest absolute Gasteiger partial charge is 0.272 e. The van der Waals surface area contributed by atoms with E-state index >= 15 is 0 Å². The molecule has 1 aromatic heterocycles. The predicted octanol–water partition coefficient (Wildman–Crippen LogP) is 0.456. The number of aliphatic hydroxyl groups excluding tert-OH is 1. The number of nitrogens with one attached hydrogen (secondary N) is 2. The first kappa shape index (κ1) is 14.6. The van der Waals surface area contributed by atoms with Crippen LogP contribution in [0, 0.1) is 0 Å². The Morgan fingerprint density at radius 1 is 1.32 bits per heavy atom. The number of hydrogen-bond donors (Lipinski definition) is 3. The van der Waals surface area contributed by atoms with Gasteiger partial charge in [0.15, 0.2) is 0 Å². The molecule has 2 heterocycles. The second kappa shape index (κ2) is 6.21. The molecule has 2 atom stereocenters. The maximum atomic E-state index is 12.5. The second-order valence-electron chi connectivity index (χ2n) is 5.35. The third-order valence-corrected chi connectivity index (χ3v) is 4.02. The van der Waals surface area contributed by atoms with Gasteiger partial charge in [-0.1, -0.05) is 30.3 Å². The Kier molecular flexibility index (Phi) is 4.13. The summed E-state index contributed by atoms with van der Waals surface area (Å²) < 4.78 is 0. The minimum Gasteiger partial charge on any atom is -0.389 e. The highest BCUT2D eigenvalue weighted by Gasteiger charge is 2.43. The Bertz CT molecular complexity index is 635. The molecule has 114 valence electrons. The van der Waals surface area contributed by atoms with Gasteiger partial charge in [-0.15, -0.1) is 0 Å². The summed E-state index contributed by atoms with van der Waals surface area (Å²) in [6.07, 6.45) is 4.29. The fraction of sp³-hybridized carbons (Fsp3) is 0.312. The van der Waals surface area contributed by atoms with Crippen LogP contribution in [0.25, 0.3) is 0 Å². The zero-order valence-electron chi connectivity index (χ0n) is 12.1. The van der Waals surface area contributed by atoms with Gasteiger partial charge in [0, 0.05) is 18.9 Å². The monoisotopic (exact) mass is 298 g/mol. The minimum absolute atomic E-state index is 0.239. The lowest BCUT2D eigenvalue weighted by Gasteiger charge is -2.42. The average molecular weight is 298 g/mol. The van der Waals surface area contributed by atoms with E-state index < -0.39 is 11.6 Å². The maximum absolute atomic E-state index is 12.5. The molecule has 0 aliphatic carbocycles. The fourth-order valence-corrected chi connectivity index (χ4v) is 2.84. The van der Waals surface area contributed by atoms with Crippen LogP contribution in [-0.4, -0.2) is 40.2 Å². The van der Waals surface area contributed by atoms with Crippen molar-refractivity contribution in [3.8, 4) is 0 Å². The minimum atomic E-state index is -0.818. The van der Waals surface area contributed by atoms with E-state index in [4.69, 9.17) is 0 Å². The van der Waals surface area contributed by atoms with Crippen LogP contribution < -0.4 is 10.6 Å². The van der Waals surface area contributed by atoms with Crippen LogP contribution in [0.3, 0.4) is 0 Å². The van der Waals surface area contributed by atoms with Crippen LogP contribution in [0.1, 0.15) is 22.5 Å². The number of hydrogen-bond acceptors (Lipinski definition) is 5. The van der Waals surface area contributed by atoms with Crippen molar-refractivity contribution in [1.29, 1.82) is 0 Å². The number of carbonyl (C=O) groups is 1. The van der Waals surface area contributed by atoms with Crippen molar-refractivity contribution in [3.63, 3.8) is 0 Å². The number of amides is 1. The molecule has 0 radical (unpaired) electrons. The summed E-state index contributed by atoms with van der Waals surface area (Å²) in [5.41, 5.74) is 0.311. The van der Waals surface area contributed by atoms with E-state index in [1.54, 1.807) is 0 Å². The van der Waals surface area contributed by atoms with Gasteiger partial charge in [0.25, 0.3) is 5.91 Å². The average Bonchev–Trinajstić information content (AvgIpc) is 2.58. The molecule has 1 saturated heterocycles. The molecular weight excluding hydrogens is 280 g/mol. The Morgan fingerprint density at radius 3 is 2.82 bits per heavy atom. The first-order chi connectivity index (χ1) is 10.7. The molecule has 0 spiro atoms. The van der Waals surface area contributed by atoms with E-state index in [9.17, 15) is 9.90 Å². The molecule has 2 aromatic rings. The van der Waals surface area contributed by atoms with Gasteiger partial charge >= 0.3 is 0 Å². The first-order valence-corrected chi connectivity index (χ1v) is 7.25. The van der Waals surface area contributed by atoms with Gasteiger partial charge < -0.3 is 15.7 Å². The highest BCUT2D eigenvalue weighted by Crippen LogP contribution is 2.31. The van der Waals surface area contributed by atoms with Crippen LogP contribution in [0.4, 0.5) is 0 Å². The predicted molar refractivity (Wildman–Crippen MR) is 81.1 cm³/mol. The Balaban J connectivity index is 1.94. The normalized spacial score (nSPS) is 24.7. The van der Waals surface area contributed by atoms with Gasteiger partial charge in [0.2, 0.25) is 0 Å². The third kappa shape index (κ3) is 2.70. The highest BCUT2D eigenvalue weighted by molar-refractivity contribution is 5.92. The quantitative estimate of drug-likeness (QED) is 0.766. The topological polar surface area (TPSA) is 87.1 Å².